The van der Waals surface area contributed by atoms with E-state index in [2.05, 4.69) is 16.4 Å². The Bertz CT molecular complexity index is 1370. The van der Waals surface area contributed by atoms with Crippen molar-refractivity contribution in [3.05, 3.63) is 95.9 Å². The molecule has 2 amide bonds. The largest absolute Gasteiger partial charge is 0.464 e. The van der Waals surface area contributed by atoms with E-state index in [0.717, 1.165) is 16.8 Å². The highest BCUT2D eigenvalue weighted by molar-refractivity contribution is 6.05. The summed E-state index contributed by atoms with van der Waals surface area (Å²) in [4.78, 5) is 31.3. The van der Waals surface area contributed by atoms with Gasteiger partial charge in [0.2, 0.25) is 5.91 Å². The van der Waals surface area contributed by atoms with Crippen LogP contribution in [0, 0.1) is 11.3 Å². The van der Waals surface area contributed by atoms with Crippen molar-refractivity contribution in [3.8, 4) is 11.8 Å². The maximum absolute atomic E-state index is 13.0. The van der Waals surface area contributed by atoms with Gasteiger partial charge in [-0.15, -0.1) is 12.4 Å². The molecule has 1 aromatic heterocycles. The molecule has 0 radical (unpaired) electrons. The summed E-state index contributed by atoms with van der Waals surface area (Å²) in [5.74, 6) is -0.00481. The Balaban J connectivity index is 0.00000289. The van der Waals surface area contributed by atoms with Crippen LogP contribution >= 0.6 is 12.4 Å². The van der Waals surface area contributed by atoms with Crippen molar-refractivity contribution in [1.29, 1.82) is 5.26 Å². The van der Waals surface area contributed by atoms with Crippen molar-refractivity contribution in [2.75, 3.05) is 4.90 Å². The Hall–Kier alpha value is -4.35. The summed E-state index contributed by atoms with van der Waals surface area (Å²) in [7, 11) is 0. The Morgan fingerprint density at radius 1 is 1.14 bits per heavy atom. The first-order valence-corrected chi connectivity index (χ1v) is 10.9. The van der Waals surface area contributed by atoms with Crippen LogP contribution in [-0.2, 0) is 22.6 Å². The summed E-state index contributed by atoms with van der Waals surface area (Å²) < 4.78 is 7.81. The molecular weight excluding hydrogens is 466 g/mol. The number of imidazole rings is 1. The van der Waals surface area contributed by atoms with Gasteiger partial charge in [-0.1, -0.05) is 24.3 Å². The van der Waals surface area contributed by atoms with Gasteiger partial charge in [0.15, 0.2) is 0 Å². The van der Waals surface area contributed by atoms with Gasteiger partial charge in [-0.25, -0.2) is 4.98 Å². The summed E-state index contributed by atoms with van der Waals surface area (Å²) in [5, 5.41) is 12.3. The molecule has 2 aliphatic rings. The van der Waals surface area contributed by atoms with Crippen molar-refractivity contribution < 1.29 is 14.3 Å². The third-order valence-electron chi connectivity index (χ3n) is 5.81. The molecule has 0 saturated heterocycles. The molecule has 0 spiro atoms. The van der Waals surface area contributed by atoms with Gasteiger partial charge in [0.25, 0.3) is 5.91 Å². The number of halogens is 1. The summed E-state index contributed by atoms with van der Waals surface area (Å²) >= 11 is 0. The molecule has 2 aromatic carbocycles. The maximum atomic E-state index is 13.0. The van der Waals surface area contributed by atoms with Crippen LogP contribution < -0.4 is 15.0 Å². The maximum Gasteiger partial charge on any atom is 0.257 e. The van der Waals surface area contributed by atoms with Crippen LogP contribution in [-0.4, -0.2) is 27.4 Å². The van der Waals surface area contributed by atoms with Crippen molar-refractivity contribution in [3.63, 3.8) is 0 Å². The fourth-order valence-electron chi connectivity index (χ4n) is 4.05. The molecule has 5 rings (SSSR count). The lowest BCUT2D eigenvalue weighted by atomic mass is 10.1. The summed E-state index contributed by atoms with van der Waals surface area (Å²) in [6.07, 6.45) is 10.7. The highest BCUT2D eigenvalue weighted by Gasteiger charge is 2.30. The molecule has 8 nitrogen and oxygen atoms in total. The Morgan fingerprint density at radius 3 is 2.86 bits per heavy atom. The Kier molecular flexibility index (Phi) is 6.99. The number of aromatic nitrogens is 2. The molecule has 0 fully saturated rings. The van der Waals surface area contributed by atoms with Gasteiger partial charge in [-0.2, -0.15) is 5.26 Å². The third kappa shape index (κ3) is 4.95. The predicted molar refractivity (Wildman–Crippen MR) is 133 cm³/mol. The van der Waals surface area contributed by atoms with E-state index in [1.54, 1.807) is 36.9 Å². The van der Waals surface area contributed by atoms with E-state index in [0.29, 0.717) is 30.0 Å². The second-order valence-electron chi connectivity index (χ2n) is 8.03. The quantitative estimate of drug-likeness (QED) is 0.522. The molecule has 1 atom stereocenters. The molecule has 1 N–H and O–H groups in total. The zero-order valence-electron chi connectivity index (χ0n) is 18.6. The fourth-order valence-corrected chi connectivity index (χ4v) is 4.05. The molecule has 0 saturated carbocycles. The number of nitrogens with zero attached hydrogens (tertiary/aromatic N) is 4. The van der Waals surface area contributed by atoms with Gasteiger partial charge in [0.05, 0.1) is 23.8 Å². The van der Waals surface area contributed by atoms with Gasteiger partial charge < -0.3 is 14.6 Å². The molecule has 4 bridgehead atoms. The van der Waals surface area contributed by atoms with Crippen molar-refractivity contribution >= 4 is 36.0 Å². The summed E-state index contributed by atoms with van der Waals surface area (Å²) in [6, 6.07) is 14.3. The number of carbonyl (C=O) groups excluding carboxylic acids is 2. The average molecular weight is 488 g/mol. The zero-order chi connectivity index (χ0) is 23.5. The minimum absolute atomic E-state index is 0. The third-order valence-corrected chi connectivity index (χ3v) is 5.81. The number of ether oxygens (including phenoxy) is 1. The lowest BCUT2D eigenvalue weighted by Gasteiger charge is -2.19. The first kappa shape index (κ1) is 23.8. The fraction of sp³-hybridized carbons (Fsp3) is 0.154. The minimum atomic E-state index is -0.720. The highest BCUT2D eigenvalue weighted by Crippen LogP contribution is 2.27. The number of benzene rings is 2. The van der Waals surface area contributed by atoms with Gasteiger partial charge >= 0.3 is 0 Å². The van der Waals surface area contributed by atoms with E-state index < -0.39 is 6.04 Å². The van der Waals surface area contributed by atoms with Crippen LogP contribution in [0.4, 0.5) is 5.69 Å². The van der Waals surface area contributed by atoms with Crippen LogP contribution in [0.3, 0.4) is 0 Å². The minimum Gasteiger partial charge on any atom is -0.464 e. The number of rotatable bonds is 0. The number of amides is 2. The molecule has 0 unspecified atom stereocenters. The van der Waals surface area contributed by atoms with Gasteiger partial charge in [-0.05, 0) is 42.3 Å². The van der Waals surface area contributed by atoms with E-state index in [4.69, 9.17) is 4.74 Å². The van der Waals surface area contributed by atoms with Crippen LogP contribution in [0.1, 0.15) is 28.8 Å². The Labute approximate surface area is 208 Å². The first-order chi connectivity index (χ1) is 16.6. The first-order valence-electron chi connectivity index (χ1n) is 10.9. The van der Waals surface area contributed by atoms with E-state index in [1.807, 2.05) is 41.0 Å². The standard InChI is InChI=1S/C26H21N5O3.ClH/c27-14-20-6-5-18-13-24(20)34-12-10-19-3-1-2-4-23(19)31-11-9-22(26(31)33)29-25(32)8-7-21-15-28-17-30(21)16-18;/h1-6,9-13,15,17,22H,7-8,16H2,(H,29,32);1H/b12-10-;/t22-;/m0./s1. The van der Waals surface area contributed by atoms with Crippen molar-refractivity contribution in [1.82, 2.24) is 14.9 Å². The number of carbonyl (C=O) groups is 2. The van der Waals surface area contributed by atoms with E-state index in [9.17, 15) is 14.9 Å². The number of hydrogen-bond donors (Lipinski definition) is 1. The number of nitriles is 1. The molecule has 2 aliphatic heterocycles. The zero-order valence-corrected chi connectivity index (χ0v) is 19.4. The predicted octanol–water partition coefficient (Wildman–Crippen LogP) is 3.57. The smallest absolute Gasteiger partial charge is 0.257 e. The molecular formula is C26H22ClN5O3. The summed E-state index contributed by atoms with van der Waals surface area (Å²) in [6.45, 7) is 0.518. The molecule has 0 aliphatic carbocycles. The molecule has 35 heavy (non-hydrogen) atoms. The number of aryl methyl sites for hydroxylation is 1. The number of fused-ring (bicyclic) bond motifs is 7. The molecule has 9 heteroatoms. The number of hydrogen-bond acceptors (Lipinski definition) is 5. The lowest BCUT2D eigenvalue weighted by molar-refractivity contribution is -0.125. The normalized spacial score (nSPS) is 18.0. The SMILES string of the molecule is Cl.N#Cc1ccc2cc1O/C=C\c1ccccc1N1C=C[C@H](NC(=O)CCc3cncn3C2)C1=O. The van der Waals surface area contributed by atoms with E-state index in [1.165, 1.54) is 11.2 Å². The van der Waals surface area contributed by atoms with Crippen molar-refractivity contribution in [2.45, 2.75) is 25.4 Å². The average Bonchev–Trinajstić information content (AvgIpc) is 3.44. The van der Waals surface area contributed by atoms with E-state index >= 15 is 0 Å². The van der Waals surface area contributed by atoms with Gasteiger partial charge in [-0.3, -0.25) is 14.5 Å². The highest BCUT2D eigenvalue weighted by atomic mass is 35.5. The lowest BCUT2D eigenvalue weighted by Crippen LogP contribution is -2.42. The van der Waals surface area contributed by atoms with E-state index in [-0.39, 0.29) is 30.6 Å². The van der Waals surface area contributed by atoms with Crippen LogP contribution in [0.15, 0.2) is 73.5 Å². The number of nitrogens with one attached hydrogen (secondary N) is 1. The van der Waals surface area contributed by atoms with Crippen LogP contribution in [0.5, 0.6) is 5.75 Å². The summed E-state index contributed by atoms with van der Waals surface area (Å²) in [5.41, 5.74) is 3.67. The van der Waals surface area contributed by atoms with Gasteiger partial charge in [0.1, 0.15) is 17.9 Å². The Morgan fingerprint density at radius 2 is 2.00 bits per heavy atom. The second-order valence-corrected chi connectivity index (χ2v) is 8.03. The topological polar surface area (TPSA) is 100 Å². The monoisotopic (exact) mass is 487 g/mol. The second kappa shape index (κ2) is 10.3. The van der Waals surface area contributed by atoms with Crippen molar-refractivity contribution in [2.24, 2.45) is 0 Å². The number of anilines is 1. The molecule has 176 valence electrons. The number of para-hydroxylation sites is 1. The molecule has 3 heterocycles. The van der Waals surface area contributed by atoms with Crippen LogP contribution in [0.2, 0.25) is 0 Å². The van der Waals surface area contributed by atoms with Crippen LogP contribution in [0.25, 0.3) is 6.08 Å². The van der Waals surface area contributed by atoms with Gasteiger partial charge in [0, 0.05) is 36.6 Å². The molecule has 3 aromatic rings.